The van der Waals surface area contributed by atoms with Crippen molar-refractivity contribution in [3.63, 3.8) is 0 Å². The maximum absolute atomic E-state index is 11.0. The molecule has 1 N–H and O–H groups in total. The number of ether oxygens (including phenoxy) is 1. The van der Waals surface area contributed by atoms with E-state index in [2.05, 4.69) is 9.55 Å². The van der Waals surface area contributed by atoms with Gasteiger partial charge >= 0.3 is 0 Å². The van der Waals surface area contributed by atoms with Gasteiger partial charge in [-0.2, -0.15) is 0 Å². The lowest BCUT2D eigenvalue weighted by molar-refractivity contribution is 0.111. The summed E-state index contributed by atoms with van der Waals surface area (Å²) in [6, 6.07) is 13.5. The van der Waals surface area contributed by atoms with Crippen molar-refractivity contribution in [2.45, 2.75) is 13.0 Å². The van der Waals surface area contributed by atoms with E-state index in [1.54, 1.807) is 13.3 Å². The first-order valence-corrected chi connectivity index (χ1v) is 9.44. The summed E-state index contributed by atoms with van der Waals surface area (Å²) >= 11 is 5.69. The number of benzene rings is 2. The van der Waals surface area contributed by atoms with E-state index >= 15 is 0 Å². The molecule has 0 saturated carbocycles. The number of carbonyl (C=O) groups is 2. The number of H-pyrrole nitrogens is 1. The second-order valence-corrected chi connectivity index (χ2v) is 6.61. The Morgan fingerprint density at radius 3 is 2.57 bits per heavy atom. The van der Waals surface area contributed by atoms with Crippen LogP contribution in [0.1, 0.15) is 27.1 Å². The first kappa shape index (κ1) is 19.7. The number of aryl methyl sites for hydroxylation is 1. The molecule has 0 atom stereocenters. The van der Waals surface area contributed by atoms with Gasteiger partial charge in [0.05, 0.1) is 7.11 Å². The number of hydrogen-bond acceptors (Lipinski definition) is 3. The Labute approximate surface area is 167 Å². The second-order valence-electron chi connectivity index (χ2n) is 6.23. The fourth-order valence-corrected chi connectivity index (χ4v) is 3.25. The molecular formula is C22H21ClN2O3. The molecule has 0 spiro atoms. The van der Waals surface area contributed by atoms with E-state index in [0.717, 1.165) is 58.7 Å². The number of nitrogens with one attached hydrogen (secondary N) is 1. The topological polar surface area (TPSA) is 64.1 Å². The summed E-state index contributed by atoms with van der Waals surface area (Å²) in [5.41, 5.74) is 3.46. The Balaban J connectivity index is 0.000000176. The first-order valence-electron chi connectivity index (χ1n) is 8.91. The van der Waals surface area contributed by atoms with Crippen LogP contribution in [0.15, 0.2) is 54.9 Å². The van der Waals surface area contributed by atoms with Crippen molar-refractivity contribution in [2.24, 2.45) is 0 Å². The standard InChI is InChI=1S/C13H14ClNO2.C9H7NO/c1-17-11-3-4-13-12(7-11)10(9-16)8-15(13)6-2-5-14;11-6-7-5-10-9-4-2-1-3-8(7)9/h3-4,7-9H,2,5-6H2,1H3;1-6,10H. The van der Waals surface area contributed by atoms with Crippen LogP contribution in [0.3, 0.4) is 0 Å². The first-order chi connectivity index (χ1) is 13.7. The number of hydrogen-bond donors (Lipinski definition) is 1. The summed E-state index contributed by atoms with van der Waals surface area (Å²) in [7, 11) is 1.62. The predicted octanol–water partition coefficient (Wildman–Crippen LogP) is 5.07. The SMILES string of the molecule is COc1ccc2c(c1)c(C=O)cn2CCCCl.O=Cc1c[nH]c2ccccc12. The smallest absolute Gasteiger partial charge is 0.152 e. The molecular weight excluding hydrogens is 376 g/mol. The Morgan fingerprint density at radius 2 is 1.86 bits per heavy atom. The fraction of sp³-hybridized carbons (Fsp3) is 0.182. The van der Waals surface area contributed by atoms with Gasteiger partial charge in [-0.3, -0.25) is 9.59 Å². The van der Waals surface area contributed by atoms with Crippen LogP contribution in [0.4, 0.5) is 0 Å². The number of halogens is 1. The van der Waals surface area contributed by atoms with Crippen molar-refractivity contribution in [1.82, 2.24) is 9.55 Å². The Morgan fingerprint density at radius 1 is 1.07 bits per heavy atom. The Hall–Kier alpha value is -3.05. The quantitative estimate of drug-likeness (QED) is 0.365. The van der Waals surface area contributed by atoms with Crippen LogP contribution in [-0.2, 0) is 6.54 Å². The lowest BCUT2D eigenvalue weighted by Crippen LogP contribution is -1.96. The fourth-order valence-electron chi connectivity index (χ4n) is 3.13. The summed E-state index contributed by atoms with van der Waals surface area (Å²) in [6.07, 6.45) is 6.20. The molecule has 2 aromatic heterocycles. The van der Waals surface area contributed by atoms with Gasteiger partial charge in [-0.25, -0.2) is 0 Å². The number of aromatic nitrogens is 2. The second kappa shape index (κ2) is 9.24. The minimum Gasteiger partial charge on any atom is -0.497 e. The minimum absolute atomic E-state index is 0.617. The molecule has 0 aliphatic heterocycles. The third-order valence-corrected chi connectivity index (χ3v) is 4.79. The molecule has 0 aliphatic carbocycles. The van der Waals surface area contributed by atoms with Gasteiger partial charge in [0, 0.05) is 57.8 Å². The van der Waals surface area contributed by atoms with Crippen molar-refractivity contribution >= 4 is 46.0 Å². The number of rotatable bonds is 6. The van der Waals surface area contributed by atoms with Crippen LogP contribution >= 0.6 is 11.6 Å². The van der Waals surface area contributed by atoms with Gasteiger partial charge in [0.15, 0.2) is 12.6 Å². The number of carbonyl (C=O) groups excluding carboxylic acids is 2. The van der Waals surface area contributed by atoms with Gasteiger partial charge in [0.2, 0.25) is 0 Å². The van der Waals surface area contributed by atoms with E-state index in [1.165, 1.54) is 0 Å². The monoisotopic (exact) mass is 396 g/mol. The molecule has 0 unspecified atom stereocenters. The number of aldehydes is 2. The van der Waals surface area contributed by atoms with Crippen LogP contribution in [0.25, 0.3) is 21.8 Å². The lowest BCUT2D eigenvalue weighted by Gasteiger charge is -2.04. The van der Waals surface area contributed by atoms with E-state index < -0.39 is 0 Å². The summed E-state index contributed by atoms with van der Waals surface area (Å²) in [4.78, 5) is 24.5. The molecule has 0 radical (unpaired) electrons. The van der Waals surface area contributed by atoms with E-state index in [4.69, 9.17) is 16.3 Å². The maximum Gasteiger partial charge on any atom is 0.152 e. The molecule has 6 heteroatoms. The molecule has 5 nitrogen and oxygen atoms in total. The van der Waals surface area contributed by atoms with Gasteiger partial charge in [0.25, 0.3) is 0 Å². The van der Waals surface area contributed by atoms with Crippen molar-refractivity contribution in [3.05, 3.63) is 66.0 Å². The van der Waals surface area contributed by atoms with Crippen molar-refractivity contribution < 1.29 is 14.3 Å². The highest BCUT2D eigenvalue weighted by molar-refractivity contribution is 6.17. The third kappa shape index (κ3) is 4.10. The average molecular weight is 397 g/mol. The lowest BCUT2D eigenvalue weighted by atomic mass is 10.2. The number of fused-ring (bicyclic) bond motifs is 2. The van der Waals surface area contributed by atoms with Gasteiger partial charge in [-0.1, -0.05) is 18.2 Å². The highest BCUT2D eigenvalue weighted by Crippen LogP contribution is 2.25. The highest BCUT2D eigenvalue weighted by Gasteiger charge is 2.08. The van der Waals surface area contributed by atoms with E-state index in [1.807, 2.05) is 48.7 Å². The van der Waals surface area contributed by atoms with Crippen LogP contribution in [-0.4, -0.2) is 35.1 Å². The van der Waals surface area contributed by atoms with Crippen molar-refractivity contribution in [2.75, 3.05) is 13.0 Å². The Kier molecular flexibility index (Phi) is 6.50. The highest BCUT2D eigenvalue weighted by atomic mass is 35.5. The van der Waals surface area contributed by atoms with E-state index in [-0.39, 0.29) is 0 Å². The van der Waals surface area contributed by atoms with Gasteiger partial charge < -0.3 is 14.3 Å². The molecule has 0 amide bonds. The van der Waals surface area contributed by atoms with Crippen LogP contribution in [0.5, 0.6) is 5.75 Å². The number of nitrogens with zero attached hydrogens (tertiary/aromatic N) is 1. The summed E-state index contributed by atoms with van der Waals surface area (Å²) < 4.78 is 7.22. The summed E-state index contributed by atoms with van der Waals surface area (Å²) in [5, 5.41) is 1.91. The zero-order chi connectivity index (χ0) is 19.9. The number of methoxy groups -OCH3 is 1. The van der Waals surface area contributed by atoms with Crippen molar-refractivity contribution in [1.29, 1.82) is 0 Å². The molecule has 144 valence electrons. The van der Waals surface area contributed by atoms with E-state index in [9.17, 15) is 9.59 Å². The molecule has 0 aliphatic rings. The molecule has 2 aromatic carbocycles. The minimum atomic E-state index is 0.617. The summed E-state index contributed by atoms with van der Waals surface area (Å²) in [5.74, 6) is 1.38. The molecule has 2 heterocycles. The Bertz CT molecular complexity index is 1100. The normalized spacial score (nSPS) is 10.5. The predicted molar refractivity (Wildman–Crippen MR) is 113 cm³/mol. The molecule has 0 bridgehead atoms. The largest absolute Gasteiger partial charge is 0.497 e. The molecule has 0 saturated heterocycles. The maximum atomic E-state index is 11.0. The van der Waals surface area contributed by atoms with Gasteiger partial charge in [-0.05, 0) is 30.7 Å². The summed E-state index contributed by atoms with van der Waals surface area (Å²) in [6.45, 7) is 0.820. The third-order valence-electron chi connectivity index (χ3n) is 4.53. The zero-order valence-corrected chi connectivity index (χ0v) is 16.3. The average Bonchev–Trinajstić information content (AvgIpc) is 3.33. The molecule has 4 aromatic rings. The van der Waals surface area contributed by atoms with Crippen LogP contribution in [0.2, 0.25) is 0 Å². The number of alkyl halides is 1. The van der Waals surface area contributed by atoms with Crippen molar-refractivity contribution in [3.8, 4) is 5.75 Å². The number of aromatic amines is 1. The van der Waals surface area contributed by atoms with Gasteiger partial charge in [0.1, 0.15) is 5.75 Å². The van der Waals surface area contributed by atoms with Crippen LogP contribution in [0, 0.1) is 0 Å². The van der Waals surface area contributed by atoms with Crippen LogP contribution < -0.4 is 4.74 Å². The zero-order valence-electron chi connectivity index (χ0n) is 15.5. The van der Waals surface area contributed by atoms with E-state index in [0.29, 0.717) is 11.4 Å². The molecule has 0 fully saturated rings. The molecule has 28 heavy (non-hydrogen) atoms. The molecule has 4 rings (SSSR count). The van der Waals surface area contributed by atoms with Gasteiger partial charge in [-0.15, -0.1) is 11.6 Å². The number of para-hydroxylation sites is 1.